The van der Waals surface area contributed by atoms with Crippen LogP contribution in [-0.2, 0) is 14.3 Å². The summed E-state index contributed by atoms with van der Waals surface area (Å²) in [5.41, 5.74) is 1.15. The lowest BCUT2D eigenvalue weighted by Gasteiger charge is -2.29. The Balaban J connectivity index is 1.54. The number of hydrogen-bond acceptors (Lipinski definition) is 8. The molecule has 9 nitrogen and oxygen atoms in total. The quantitative estimate of drug-likeness (QED) is 0.244. The van der Waals surface area contributed by atoms with E-state index in [4.69, 9.17) is 18.9 Å². The summed E-state index contributed by atoms with van der Waals surface area (Å²) in [5, 5.41) is 13.3. The van der Waals surface area contributed by atoms with Crippen molar-refractivity contribution in [2.45, 2.75) is 12.5 Å². The summed E-state index contributed by atoms with van der Waals surface area (Å²) in [5.74, 6) is 0.165. The first-order chi connectivity index (χ1) is 19.4. The maximum Gasteiger partial charge on any atom is 0.295 e. The maximum atomic E-state index is 13.5. The van der Waals surface area contributed by atoms with Crippen molar-refractivity contribution in [1.29, 1.82) is 0 Å². The number of ketones is 1. The third-order valence-electron chi connectivity index (χ3n) is 7.56. The van der Waals surface area contributed by atoms with Crippen molar-refractivity contribution in [3.05, 3.63) is 71.3 Å². The number of ether oxygens (including phenoxy) is 4. The van der Waals surface area contributed by atoms with E-state index in [1.807, 2.05) is 30.3 Å². The predicted molar refractivity (Wildman–Crippen MR) is 151 cm³/mol. The van der Waals surface area contributed by atoms with Gasteiger partial charge in [0.1, 0.15) is 11.5 Å². The molecule has 2 aliphatic heterocycles. The molecule has 40 heavy (non-hydrogen) atoms. The van der Waals surface area contributed by atoms with Crippen LogP contribution in [0.5, 0.6) is 17.2 Å². The Morgan fingerprint density at radius 1 is 0.875 bits per heavy atom. The molecule has 0 saturated carbocycles. The topological polar surface area (TPSA) is 97.8 Å². The van der Waals surface area contributed by atoms with Gasteiger partial charge in [0.25, 0.3) is 11.7 Å². The molecule has 2 fully saturated rings. The van der Waals surface area contributed by atoms with E-state index in [-0.39, 0.29) is 11.3 Å². The zero-order chi connectivity index (χ0) is 28.2. The summed E-state index contributed by atoms with van der Waals surface area (Å²) in [6.07, 6.45) is 0.675. The molecule has 1 unspecified atom stereocenters. The minimum absolute atomic E-state index is 0.0523. The standard InChI is InChI=1S/C31H34N2O7/c1-37-24-9-7-20-17-23(6-5-21(20)18-24)29(34)27-28(22-8-10-25(38-2)26(19-22)39-3)33(31(36)30(27)35)12-4-11-32-13-15-40-16-14-32/h5-10,17-19,28,34H,4,11-16H2,1-3H3/b29-27+. The number of carbonyl (C=O) groups excluding carboxylic acids is 2. The molecule has 5 rings (SSSR count). The molecule has 2 aliphatic rings. The fourth-order valence-electron chi connectivity index (χ4n) is 5.42. The monoisotopic (exact) mass is 546 g/mol. The van der Waals surface area contributed by atoms with Crippen LogP contribution in [0, 0.1) is 0 Å². The van der Waals surface area contributed by atoms with Gasteiger partial charge in [-0.1, -0.05) is 24.3 Å². The Kier molecular flexibility index (Phi) is 8.23. The highest BCUT2D eigenvalue weighted by Crippen LogP contribution is 2.42. The van der Waals surface area contributed by atoms with Crippen molar-refractivity contribution in [3.63, 3.8) is 0 Å². The third-order valence-corrected chi connectivity index (χ3v) is 7.56. The number of morpholine rings is 1. The average molecular weight is 547 g/mol. The Labute approximate surface area is 233 Å². The maximum absolute atomic E-state index is 13.5. The van der Waals surface area contributed by atoms with Crippen molar-refractivity contribution in [2.24, 2.45) is 0 Å². The van der Waals surface area contributed by atoms with Crippen LogP contribution >= 0.6 is 0 Å². The Bertz CT molecular complexity index is 1440. The minimum atomic E-state index is -0.781. The van der Waals surface area contributed by atoms with Crippen molar-refractivity contribution in [2.75, 3.05) is 60.7 Å². The van der Waals surface area contributed by atoms with E-state index >= 15 is 0 Å². The lowest BCUT2D eigenvalue weighted by Crippen LogP contribution is -2.38. The van der Waals surface area contributed by atoms with Gasteiger partial charge in [-0.2, -0.15) is 0 Å². The number of amides is 1. The van der Waals surface area contributed by atoms with Crippen LogP contribution < -0.4 is 14.2 Å². The van der Waals surface area contributed by atoms with Crippen LogP contribution in [0.25, 0.3) is 16.5 Å². The number of likely N-dealkylation sites (tertiary alicyclic amines) is 1. The van der Waals surface area contributed by atoms with Crippen molar-refractivity contribution >= 4 is 28.2 Å². The van der Waals surface area contributed by atoms with Gasteiger partial charge in [0.15, 0.2) is 11.5 Å². The van der Waals surface area contributed by atoms with Gasteiger partial charge in [-0.25, -0.2) is 0 Å². The number of aliphatic hydroxyl groups excluding tert-OH is 1. The molecule has 0 aliphatic carbocycles. The number of carbonyl (C=O) groups is 2. The molecule has 1 atom stereocenters. The number of rotatable bonds is 9. The molecule has 0 aromatic heterocycles. The average Bonchev–Trinajstić information content (AvgIpc) is 3.25. The molecule has 2 heterocycles. The molecular weight excluding hydrogens is 512 g/mol. The highest BCUT2D eigenvalue weighted by atomic mass is 16.5. The van der Waals surface area contributed by atoms with Crippen molar-refractivity contribution in [1.82, 2.24) is 9.80 Å². The molecule has 9 heteroatoms. The fraction of sp³-hybridized carbons (Fsp3) is 0.355. The number of aliphatic hydroxyl groups is 1. The largest absolute Gasteiger partial charge is 0.507 e. The Morgan fingerprint density at radius 3 is 2.33 bits per heavy atom. The fourth-order valence-corrected chi connectivity index (χ4v) is 5.42. The summed E-state index contributed by atoms with van der Waals surface area (Å²) in [4.78, 5) is 30.7. The molecule has 3 aromatic carbocycles. The molecule has 1 N–H and O–H groups in total. The van der Waals surface area contributed by atoms with Crippen LogP contribution in [0.1, 0.15) is 23.6 Å². The van der Waals surface area contributed by atoms with Crippen LogP contribution in [0.3, 0.4) is 0 Å². The molecule has 1 amide bonds. The second kappa shape index (κ2) is 12.0. The first-order valence-corrected chi connectivity index (χ1v) is 13.3. The van der Waals surface area contributed by atoms with Gasteiger partial charge in [-0.15, -0.1) is 0 Å². The van der Waals surface area contributed by atoms with Gasteiger partial charge >= 0.3 is 0 Å². The molecule has 0 radical (unpaired) electrons. The zero-order valence-corrected chi connectivity index (χ0v) is 23.0. The van der Waals surface area contributed by atoms with E-state index in [1.54, 1.807) is 43.4 Å². The molecule has 210 valence electrons. The van der Waals surface area contributed by atoms with Gasteiger partial charge in [0.05, 0.1) is 46.2 Å². The van der Waals surface area contributed by atoms with Gasteiger partial charge in [-0.3, -0.25) is 14.5 Å². The number of methoxy groups -OCH3 is 3. The Hall–Kier alpha value is -4.08. The third kappa shape index (κ3) is 5.35. The van der Waals surface area contributed by atoms with E-state index in [1.165, 1.54) is 7.11 Å². The highest BCUT2D eigenvalue weighted by molar-refractivity contribution is 6.46. The molecule has 2 saturated heterocycles. The summed E-state index contributed by atoms with van der Waals surface area (Å²) >= 11 is 0. The number of benzene rings is 3. The van der Waals surface area contributed by atoms with Crippen LogP contribution in [0.2, 0.25) is 0 Å². The molecule has 0 spiro atoms. The lowest BCUT2D eigenvalue weighted by atomic mass is 9.94. The zero-order valence-electron chi connectivity index (χ0n) is 23.0. The summed E-state index contributed by atoms with van der Waals surface area (Å²) in [6, 6.07) is 15.5. The smallest absolute Gasteiger partial charge is 0.295 e. The van der Waals surface area contributed by atoms with E-state index in [0.717, 1.165) is 36.2 Å². The number of Topliss-reactive ketones (excluding diaryl/α,β-unsaturated/α-hetero) is 1. The summed E-state index contributed by atoms with van der Waals surface area (Å²) in [6.45, 7) is 4.19. The first-order valence-electron chi connectivity index (χ1n) is 13.3. The SMILES string of the molecule is COc1ccc2cc(/C(O)=C3\C(=O)C(=O)N(CCCN4CCOCC4)C3c3ccc(OC)c(OC)c3)ccc2c1. The number of nitrogens with zero attached hydrogens (tertiary/aromatic N) is 2. The van der Waals surface area contributed by atoms with E-state index in [9.17, 15) is 14.7 Å². The van der Waals surface area contributed by atoms with E-state index < -0.39 is 17.7 Å². The van der Waals surface area contributed by atoms with Gasteiger partial charge in [0, 0.05) is 31.7 Å². The summed E-state index contributed by atoms with van der Waals surface area (Å²) in [7, 11) is 4.69. The van der Waals surface area contributed by atoms with Gasteiger partial charge < -0.3 is 29.0 Å². The normalized spacial score (nSPS) is 19.3. The minimum Gasteiger partial charge on any atom is -0.507 e. The lowest BCUT2D eigenvalue weighted by molar-refractivity contribution is -0.140. The summed E-state index contributed by atoms with van der Waals surface area (Å²) < 4.78 is 21.7. The van der Waals surface area contributed by atoms with E-state index in [2.05, 4.69) is 4.90 Å². The van der Waals surface area contributed by atoms with Crippen LogP contribution in [-0.4, -0.2) is 87.3 Å². The number of fused-ring (bicyclic) bond motifs is 1. The van der Waals surface area contributed by atoms with Crippen molar-refractivity contribution in [3.8, 4) is 17.2 Å². The second-order valence-corrected chi connectivity index (χ2v) is 9.84. The highest BCUT2D eigenvalue weighted by Gasteiger charge is 2.46. The first kappa shape index (κ1) is 27.5. The number of hydrogen-bond donors (Lipinski definition) is 1. The molecule has 3 aromatic rings. The van der Waals surface area contributed by atoms with Crippen LogP contribution in [0.15, 0.2) is 60.2 Å². The van der Waals surface area contributed by atoms with Crippen molar-refractivity contribution < 1.29 is 33.6 Å². The van der Waals surface area contributed by atoms with Gasteiger partial charge in [0.2, 0.25) is 0 Å². The molecular formula is C31H34N2O7. The predicted octanol–water partition coefficient (Wildman–Crippen LogP) is 4.01. The van der Waals surface area contributed by atoms with Crippen LogP contribution in [0.4, 0.5) is 0 Å². The van der Waals surface area contributed by atoms with E-state index in [0.29, 0.717) is 48.8 Å². The second-order valence-electron chi connectivity index (χ2n) is 9.84. The molecule has 0 bridgehead atoms. The Morgan fingerprint density at radius 2 is 1.60 bits per heavy atom. The van der Waals surface area contributed by atoms with Gasteiger partial charge in [-0.05, 0) is 53.1 Å².